The summed E-state index contributed by atoms with van der Waals surface area (Å²) < 4.78 is 1.66. The Hall–Kier alpha value is -5.35. The van der Waals surface area contributed by atoms with Gasteiger partial charge in [0.1, 0.15) is 0 Å². The molecular formula is C35H23N3O. The molecule has 4 heteroatoms. The fraction of sp³-hybridized carbons (Fsp3) is 0. The van der Waals surface area contributed by atoms with Crippen LogP contribution in [0.2, 0.25) is 0 Å². The van der Waals surface area contributed by atoms with Crippen LogP contribution >= 0.6 is 0 Å². The lowest BCUT2D eigenvalue weighted by Gasteiger charge is -2.15. The van der Waals surface area contributed by atoms with E-state index in [2.05, 4.69) is 24.3 Å². The molecular weight excluding hydrogens is 478 g/mol. The number of fused-ring (bicyclic) bond motifs is 3. The van der Waals surface area contributed by atoms with Crippen molar-refractivity contribution < 1.29 is 0 Å². The van der Waals surface area contributed by atoms with Gasteiger partial charge in [-0.05, 0) is 40.8 Å². The van der Waals surface area contributed by atoms with Gasteiger partial charge < -0.3 is 0 Å². The highest BCUT2D eigenvalue weighted by Gasteiger charge is 2.17. The highest BCUT2D eigenvalue weighted by Crippen LogP contribution is 2.31. The van der Waals surface area contributed by atoms with E-state index in [0.29, 0.717) is 11.3 Å². The summed E-state index contributed by atoms with van der Waals surface area (Å²) in [6, 6.07) is 46.2. The Morgan fingerprint density at radius 1 is 0.436 bits per heavy atom. The number of benzene rings is 5. The summed E-state index contributed by atoms with van der Waals surface area (Å²) in [5, 5.41) is 2.51. The van der Waals surface area contributed by atoms with Gasteiger partial charge in [0.05, 0.1) is 16.9 Å². The maximum atomic E-state index is 14.1. The first-order chi connectivity index (χ1) is 19.3. The van der Waals surface area contributed by atoms with E-state index in [9.17, 15) is 4.79 Å². The summed E-state index contributed by atoms with van der Waals surface area (Å²) in [7, 11) is 0. The summed E-state index contributed by atoms with van der Waals surface area (Å²) in [6.07, 6.45) is 0. The molecule has 0 saturated carbocycles. The van der Waals surface area contributed by atoms with E-state index in [-0.39, 0.29) is 5.56 Å². The van der Waals surface area contributed by atoms with Crippen LogP contribution in [-0.2, 0) is 0 Å². The molecule has 0 aliphatic rings. The van der Waals surface area contributed by atoms with Crippen molar-refractivity contribution in [2.24, 2.45) is 0 Å². The lowest BCUT2D eigenvalue weighted by atomic mass is 10.00. The van der Waals surface area contributed by atoms with Gasteiger partial charge in [-0.3, -0.25) is 4.79 Å². The zero-order chi connectivity index (χ0) is 26.2. The molecule has 184 valence electrons. The SMILES string of the molecule is O=c1c2ccccc2c2cc(-c3ccccc3)ccc2n1-c1nc(-c2ccccc2)cc(-c2ccccc2)n1. The highest BCUT2D eigenvalue weighted by atomic mass is 16.1. The van der Waals surface area contributed by atoms with E-state index in [1.54, 1.807) is 4.57 Å². The molecule has 2 aromatic heterocycles. The predicted octanol–water partition coefficient (Wildman–Crippen LogP) is 7.93. The van der Waals surface area contributed by atoms with Crippen molar-refractivity contribution in [3.8, 4) is 39.6 Å². The van der Waals surface area contributed by atoms with Crippen LogP contribution in [-0.4, -0.2) is 14.5 Å². The van der Waals surface area contributed by atoms with Crippen LogP contribution in [0.1, 0.15) is 0 Å². The van der Waals surface area contributed by atoms with Gasteiger partial charge in [-0.25, -0.2) is 14.5 Å². The molecule has 0 atom stereocenters. The van der Waals surface area contributed by atoms with Crippen LogP contribution in [0.25, 0.3) is 61.3 Å². The van der Waals surface area contributed by atoms with Crippen LogP contribution in [0, 0.1) is 0 Å². The number of aromatic nitrogens is 3. The zero-order valence-electron chi connectivity index (χ0n) is 21.0. The Labute approximate surface area is 225 Å². The van der Waals surface area contributed by atoms with Gasteiger partial charge in [0.25, 0.3) is 5.56 Å². The van der Waals surface area contributed by atoms with Crippen molar-refractivity contribution in [1.29, 1.82) is 0 Å². The first-order valence-corrected chi connectivity index (χ1v) is 12.9. The number of pyridine rings is 1. The van der Waals surface area contributed by atoms with Gasteiger partial charge in [-0.1, -0.05) is 115 Å². The van der Waals surface area contributed by atoms with Crippen molar-refractivity contribution in [1.82, 2.24) is 14.5 Å². The molecule has 0 bridgehead atoms. The molecule has 0 aliphatic carbocycles. The third-order valence-electron chi connectivity index (χ3n) is 7.05. The smallest absolute Gasteiger partial charge is 0.265 e. The van der Waals surface area contributed by atoms with Crippen molar-refractivity contribution in [2.45, 2.75) is 0 Å². The third-order valence-corrected chi connectivity index (χ3v) is 7.05. The number of hydrogen-bond donors (Lipinski definition) is 0. The average molecular weight is 502 g/mol. The molecule has 5 aromatic carbocycles. The number of hydrogen-bond acceptors (Lipinski definition) is 3. The first-order valence-electron chi connectivity index (χ1n) is 12.9. The normalized spacial score (nSPS) is 11.2. The quantitative estimate of drug-likeness (QED) is 0.230. The molecule has 0 radical (unpaired) electrons. The lowest BCUT2D eigenvalue weighted by Crippen LogP contribution is -2.21. The van der Waals surface area contributed by atoms with Crippen molar-refractivity contribution in [3.63, 3.8) is 0 Å². The molecule has 39 heavy (non-hydrogen) atoms. The predicted molar refractivity (Wildman–Crippen MR) is 159 cm³/mol. The maximum Gasteiger partial charge on any atom is 0.265 e. The molecule has 7 rings (SSSR count). The van der Waals surface area contributed by atoms with E-state index in [0.717, 1.165) is 49.9 Å². The van der Waals surface area contributed by atoms with Crippen molar-refractivity contribution >= 4 is 21.7 Å². The molecule has 0 fully saturated rings. The van der Waals surface area contributed by atoms with Gasteiger partial charge in [0.2, 0.25) is 5.95 Å². The fourth-order valence-electron chi connectivity index (χ4n) is 5.14. The minimum atomic E-state index is -0.144. The second-order valence-electron chi connectivity index (χ2n) is 9.45. The summed E-state index contributed by atoms with van der Waals surface area (Å²) in [4.78, 5) is 24.0. The molecule has 0 aliphatic heterocycles. The molecule has 0 spiro atoms. The Balaban J connectivity index is 1.56. The van der Waals surface area contributed by atoms with Gasteiger partial charge >= 0.3 is 0 Å². The summed E-state index contributed by atoms with van der Waals surface area (Å²) in [6.45, 7) is 0. The number of rotatable bonds is 4. The average Bonchev–Trinajstić information content (AvgIpc) is 3.02. The second kappa shape index (κ2) is 9.51. The van der Waals surface area contributed by atoms with E-state index in [1.807, 2.05) is 115 Å². The largest absolute Gasteiger partial charge is 0.268 e. The van der Waals surface area contributed by atoms with Gasteiger partial charge in [-0.2, -0.15) is 0 Å². The highest BCUT2D eigenvalue weighted by molar-refractivity contribution is 6.07. The summed E-state index contributed by atoms with van der Waals surface area (Å²) >= 11 is 0. The van der Waals surface area contributed by atoms with Crippen LogP contribution in [0.15, 0.2) is 144 Å². The lowest BCUT2D eigenvalue weighted by molar-refractivity contribution is 0.934. The second-order valence-corrected chi connectivity index (χ2v) is 9.45. The van der Waals surface area contributed by atoms with Crippen molar-refractivity contribution in [3.05, 3.63) is 150 Å². The molecule has 0 saturated heterocycles. The van der Waals surface area contributed by atoms with Gasteiger partial charge in [0.15, 0.2) is 0 Å². The first kappa shape index (κ1) is 22.8. The topological polar surface area (TPSA) is 47.8 Å². The van der Waals surface area contributed by atoms with Gasteiger partial charge in [-0.15, -0.1) is 0 Å². The van der Waals surface area contributed by atoms with Crippen LogP contribution < -0.4 is 5.56 Å². The molecule has 0 unspecified atom stereocenters. The zero-order valence-corrected chi connectivity index (χ0v) is 21.0. The van der Waals surface area contributed by atoms with Crippen LogP contribution in [0.5, 0.6) is 0 Å². The Morgan fingerprint density at radius 2 is 0.949 bits per heavy atom. The Bertz CT molecular complexity index is 1960. The maximum absolute atomic E-state index is 14.1. The van der Waals surface area contributed by atoms with E-state index in [1.165, 1.54) is 0 Å². The molecule has 7 aromatic rings. The minimum Gasteiger partial charge on any atom is -0.268 e. The monoisotopic (exact) mass is 501 g/mol. The minimum absolute atomic E-state index is 0.144. The van der Waals surface area contributed by atoms with E-state index < -0.39 is 0 Å². The summed E-state index contributed by atoms with van der Waals surface area (Å²) in [5.74, 6) is 0.350. The van der Waals surface area contributed by atoms with E-state index >= 15 is 0 Å². The summed E-state index contributed by atoms with van der Waals surface area (Å²) in [5.41, 5.74) is 6.27. The van der Waals surface area contributed by atoms with Crippen LogP contribution in [0.3, 0.4) is 0 Å². The Morgan fingerprint density at radius 3 is 1.54 bits per heavy atom. The number of nitrogens with zero attached hydrogens (tertiary/aromatic N) is 3. The van der Waals surface area contributed by atoms with Crippen LogP contribution in [0.4, 0.5) is 0 Å². The molecule has 0 amide bonds. The van der Waals surface area contributed by atoms with Crippen molar-refractivity contribution in [2.75, 3.05) is 0 Å². The Kier molecular flexibility index (Phi) is 5.56. The van der Waals surface area contributed by atoms with Gasteiger partial charge in [0, 0.05) is 21.9 Å². The molecule has 2 heterocycles. The fourth-order valence-corrected chi connectivity index (χ4v) is 5.14. The third kappa shape index (κ3) is 4.09. The standard InChI is InChI=1S/C35H23N3O/c39-34-29-19-11-10-18-28(29)30-22-27(24-12-4-1-5-13-24)20-21-33(30)38(34)35-36-31(25-14-6-2-7-15-25)23-32(37-35)26-16-8-3-9-17-26/h1-23H. The molecule has 0 N–H and O–H groups in total. The van der Waals surface area contributed by atoms with E-state index in [4.69, 9.17) is 9.97 Å². The molecule has 4 nitrogen and oxygen atoms in total.